The van der Waals surface area contributed by atoms with Crippen molar-refractivity contribution in [2.75, 3.05) is 0 Å². The minimum atomic E-state index is 0. The Labute approximate surface area is 129 Å². The van der Waals surface area contributed by atoms with Crippen LogP contribution in [0.15, 0.2) is 60.7 Å². The van der Waals surface area contributed by atoms with Gasteiger partial charge < -0.3 is 2.85 Å². The number of carbonyl (C=O) groups is 1. The van der Waals surface area contributed by atoms with E-state index < -0.39 is 0 Å². The molecule has 0 radical (unpaired) electrons. The molecule has 0 fully saturated rings. The second kappa shape index (κ2) is 6.23. The molecule has 1 nitrogen and oxygen atoms in total. The molecule has 0 aliphatic heterocycles. The van der Waals surface area contributed by atoms with Crippen LogP contribution in [-0.2, 0) is 0 Å². The molecule has 0 aliphatic rings. The van der Waals surface area contributed by atoms with Gasteiger partial charge in [-0.1, -0.05) is 60.7 Å². The average Bonchev–Trinajstić information content (AvgIpc) is 2.30. The largest absolute Gasteiger partial charge is 2.00 e. The topological polar surface area (TPSA) is 17.1 Å². The molecule has 2 aromatic carbocycles. The van der Waals surface area contributed by atoms with Crippen molar-refractivity contribution in [1.29, 1.82) is 0 Å². The van der Waals surface area contributed by atoms with Crippen molar-refractivity contribution in [2.24, 2.45) is 0 Å². The molecule has 2 aromatic rings. The number of hydrogen-bond donors (Lipinski definition) is 0. The maximum atomic E-state index is 11.8. The summed E-state index contributed by atoms with van der Waals surface area (Å²) >= 11 is 0. The molecule has 0 aliphatic carbocycles. The van der Waals surface area contributed by atoms with Gasteiger partial charge in [0.05, 0.1) is 0 Å². The molecule has 0 atom stereocenters. The Bertz CT molecular complexity index is 390. The Morgan fingerprint density at radius 2 is 1.07 bits per heavy atom. The van der Waals surface area contributed by atoms with E-state index in [4.69, 9.17) is 0 Å². The molecular formula is C13H12OSr. The van der Waals surface area contributed by atoms with E-state index in [9.17, 15) is 4.79 Å². The Morgan fingerprint density at radius 1 is 0.733 bits per heavy atom. The van der Waals surface area contributed by atoms with Crippen molar-refractivity contribution in [1.82, 2.24) is 0 Å². The van der Waals surface area contributed by atoms with Crippen molar-refractivity contribution < 1.29 is 7.65 Å². The summed E-state index contributed by atoms with van der Waals surface area (Å²) in [7, 11) is 0. The number of carbonyl (C=O) groups excluding carboxylic acids is 1. The summed E-state index contributed by atoms with van der Waals surface area (Å²) in [4.78, 5) is 11.8. The van der Waals surface area contributed by atoms with Gasteiger partial charge >= 0.3 is 45.5 Å². The number of ketones is 1. The second-order valence-corrected chi connectivity index (χ2v) is 3.06. The number of rotatable bonds is 2. The monoisotopic (exact) mass is 272 g/mol. The Balaban J connectivity index is 0. The van der Waals surface area contributed by atoms with Crippen LogP contribution in [0.4, 0.5) is 0 Å². The van der Waals surface area contributed by atoms with Crippen LogP contribution < -0.4 is 0 Å². The minimum Gasteiger partial charge on any atom is -1.00 e. The first-order valence-corrected chi connectivity index (χ1v) is 4.53. The molecule has 2 rings (SSSR count). The molecule has 0 spiro atoms. The molecule has 15 heavy (non-hydrogen) atoms. The molecule has 0 saturated heterocycles. The zero-order chi connectivity index (χ0) is 9.80. The molecule has 2 heteroatoms. The van der Waals surface area contributed by atoms with Crippen LogP contribution in [0, 0.1) is 0 Å². The van der Waals surface area contributed by atoms with Crippen LogP contribution in [0.25, 0.3) is 0 Å². The van der Waals surface area contributed by atoms with Crippen molar-refractivity contribution in [3.63, 3.8) is 0 Å². The van der Waals surface area contributed by atoms with E-state index in [0.29, 0.717) is 0 Å². The fourth-order valence-electron chi connectivity index (χ4n) is 1.35. The molecular weight excluding hydrogens is 260 g/mol. The summed E-state index contributed by atoms with van der Waals surface area (Å²) in [5.74, 6) is 0.0752. The Kier molecular flexibility index (Phi) is 5.26. The van der Waals surface area contributed by atoms with Gasteiger partial charge in [-0.25, -0.2) is 0 Å². The van der Waals surface area contributed by atoms with Gasteiger partial charge in [0.25, 0.3) is 0 Å². The molecule has 0 bridgehead atoms. The third-order valence-electron chi connectivity index (χ3n) is 2.07. The summed E-state index contributed by atoms with van der Waals surface area (Å²) in [6.07, 6.45) is 0. The van der Waals surface area contributed by atoms with E-state index in [0.717, 1.165) is 11.1 Å². The molecule has 0 saturated carbocycles. The Morgan fingerprint density at radius 3 is 1.40 bits per heavy atom. The maximum absolute atomic E-state index is 11.8. The minimum absolute atomic E-state index is 0. The van der Waals surface area contributed by atoms with Crippen LogP contribution in [0.2, 0.25) is 0 Å². The second-order valence-electron chi connectivity index (χ2n) is 3.06. The zero-order valence-electron chi connectivity index (χ0n) is 10.4. The maximum Gasteiger partial charge on any atom is 2.00 e. The standard InChI is InChI=1S/C13H10O.Sr.2H/c14-13(11-7-3-1-4-8-11)12-9-5-2-6-10-12;;;/h1-10H;;;/q;+2;2*-1. The third kappa shape index (κ3) is 3.28. The first-order valence-electron chi connectivity index (χ1n) is 4.53. The van der Waals surface area contributed by atoms with Gasteiger partial charge in [0.15, 0.2) is 5.78 Å². The van der Waals surface area contributed by atoms with E-state index in [2.05, 4.69) is 0 Å². The van der Waals surface area contributed by atoms with Crippen LogP contribution >= 0.6 is 0 Å². The van der Waals surface area contributed by atoms with E-state index in [-0.39, 0.29) is 54.1 Å². The van der Waals surface area contributed by atoms with Crippen LogP contribution in [0.3, 0.4) is 0 Å². The molecule has 0 heterocycles. The zero-order valence-corrected chi connectivity index (χ0v) is 11.9. The fraction of sp³-hybridized carbons (Fsp3) is 0. The van der Waals surface area contributed by atoms with E-state index in [1.807, 2.05) is 60.7 Å². The predicted molar refractivity (Wildman–Crippen MR) is 64.3 cm³/mol. The number of hydrogen-bond acceptors (Lipinski definition) is 1. The van der Waals surface area contributed by atoms with Gasteiger partial charge in [-0.3, -0.25) is 4.79 Å². The summed E-state index contributed by atoms with van der Waals surface area (Å²) in [5.41, 5.74) is 1.47. The van der Waals surface area contributed by atoms with Crippen molar-refractivity contribution >= 4 is 51.3 Å². The molecule has 72 valence electrons. The van der Waals surface area contributed by atoms with E-state index in [1.165, 1.54) is 0 Å². The van der Waals surface area contributed by atoms with Crippen molar-refractivity contribution in [3.8, 4) is 0 Å². The summed E-state index contributed by atoms with van der Waals surface area (Å²) in [6.45, 7) is 0. The summed E-state index contributed by atoms with van der Waals surface area (Å²) < 4.78 is 0. The summed E-state index contributed by atoms with van der Waals surface area (Å²) in [6, 6.07) is 18.6. The van der Waals surface area contributed by atoms with Crippen LogP contribution in [0.1, 0.15) is 18.8 Å². The van der Waals surface area contributed by atoms with E-state index >= 15 is 0 Å². The molecule has 0 amide bonds. The van der Waals surface area contributed by atoms with Gasteiger partial charge in [-0.05, 0) is 0 Å². The van der Waals surface area contributed by atoms with Crippen LogP contribution in [-0.4, -0.2) is 51.3 Å². The van der Waals surface area contributed by atoms with Gasteiger partial charge in [-0.2, -0.15) is 0 Å². The Hall–Kier alpha value is -0.409. The molecule has 0 unspecified atom stereocenters. The number of benzene rings is 2. The van der Waals surface area contributed by atoms with E-state index in [1.54, 1.807) is 0 Å². The average molecular weight is 272 g/mol. The van der Waals surface area contributed by atoms with Crippen LogP contribution in [0.5, 0.6) is 0 Å². The quantitative estimate of drug-likeness (QED) is 0.606. The van der Waals surface area contributed by atoms with Gasteiger partial charge in [0.1, 0.15) is 0 Å². The third-order valence-corrected chi connectivity index (χ3v) is 2.07. The first kappa shape index (κ1) is 12.7. The first-order chi connectivity index (χ1) is 6.88. The predicted octanol–water partition coefficient (Wildman–Crippen LogP) is 2.76. The molecule has 0 N–H and O–H groups in total. The smallest absolute Gasteiger partial charge is 1.00 e. The van der Waals surface area contributed by atoms with Gasteiger partial charge in [0, 0.05) is 11.1 Å². The van der Waals surface area contributed by atoms with Crippen molar-refractivity contribution in [3.05, 3.63) is 71.8 Å². The summed E-state index contributed by atoms with van der Waals surface area (Å²) in [5, 5.41) is 0. The van der Waals surface area contributed by atoms with Gasteiger partial charge in [0.2, 0.25) is 0 Å². The molecule has 0 aromatic heterocycles. The van der Waals surface area contributed by atoms with Gasteiger partial charge in [-0.15, -0.1) is 0 Å². The normalized spacial score (nSPS) is 9.07. The fourth-order valence-corrected chi connectivity index (χ4v) is 1.35. The SMILES string of the molecule is O=C(c1ccccc1)c1ccccc1.[H-].[H-].[Sr+2]. The van der Waals surface area contributed by atoms with Crippen molar-refractivity contribution in [2.45, 2.75) is 0 Å².